The molecule has 2 N–H and O–H groups in total. The van der Waals surface area contributed by atoms with Crippen molar-refractivity contribution in [3.8, 4) is 5.75 Å². The van der Waals surface area contributed by atoms with Gasteiger partial charge in [-0.15, -0.1) is 5.10 Å². The molecule has 0 radical (unpaired) electrons. The zero-order chi connectivity index (χ0) is 14.5. The topological polar surface area (TPSA) is 83.0 Å². The molecular weight excluding hydrogens is 256 g/mol. The molecule has 6 heteroatoms. The number of aromatic nitrogens is 3. The van der Waals surface area contributed by atoms with Crippen molar-refractivity contribution in [2.75, 3.05) is 0 Å². The predicted molar refractivity (Wildman–Crippen MR) is 74.4 cm³/mol. The molecule has 0 saturated heterocycles. The van der Waals surface area contributed by atoms with Gasteiger partial charge in [-0.2, -0.15) is 0 Å². The van der Waals surface area contributed by atoms with E-state index < -0.39 is 0 Å². The molecule has 0 aliphatic rings. The molecule has 2 aromatic rings. The van der Waals surface area contributed by atoms with Gasteiger partial charge in [0.25, 0.3) is 0 Å². The Hall–Kier alpha value is -2.21. The van der Waals surface area contributed by atoms with Crippen molar-refractivity contribution in [1.82, 2.24) is 15.0 Å². The average Bonchev–Trinajstić information content (AvgIpc) is 2.86. The maximum Gasteiger partial charge on any atom is 0.188 e. The molecule has 0 aliphatic carbocycles. The second kappa shape index (κ2) is 6.29. The number of ether oxygens (including phenoxy) is 1. The molecule has 0 saturated carbocycles. The second-order valence-corrected chi connectivity index (χ2v) is 4.70. The van der Waals surface area contributed by atoms with Crippen LogP contribution in [0.5, 0.6) is 5.75 Å². The predicted octanol–water partition coefficient (Wildman–Crippen LogP) is 1.41. The first-order valence-electron chi connectivity index (χ1n) is 6.48. The third kappa shape index (κ3) is 3.42. The molecule has 0 atom stereocenters. The summed E-state index contributed by atoms with van der Waals surface area (Å²) in [7, 11) is 0. The monoisotopic (exact) mass is 274 g/mol. The summed E-state index contributed by atoms with van der Waals surface area (Å²) < 4.78 is 7.13. The van der Waals surface area contributed by atoms with Crippen molar-refractivity contribution in [3.05, 3.63) is 41.7 Å². The molecule has 6 nitrogen and oxygen atoms in total. The summed E-state index contributed by atoms with van der Waals surface area (Å²) in [5, 5.41) is 7.72. The molecule has 0 fully saturated rings. The maximum absolute atomic E-state index is 12.3. The SMILES string of the molecule is CC(C)Oc1ccccc1C(=O)Cn1cc(CN)nn1. The van der Waals surface area contributed by atoms with E-state index in [2.05, 4.69) is 10.3 Å². The van der Waals surface area contributed by atoms with Crippen LogP contribution in [0.2, 0.25) is 0 Å². The molecule has 1 aromatic heterocycles. The van der Waals surface area contributed by atoms with Crippen molar-refractivity contribution >= 4 is 5.78 Å². The minimum absolute atomic E-state index is 0.0131. The van der Waals surface area contributed by atoms with E-state index in [1.807, 2.05) is 26.0 Å². The van der Waals surface area contributed by atoms with Crippen molar-refractivity contribution in [3.63, 3.8) is 0 Å². The molecule has 2 rings (SSSR count). The highest BCUT2D eigenvalue weighted by Gasteiger charge is 2.14. The first-order valence-corrected chi connectivity index (χ1v) is 6.48. The van der Waals surface area contributed by atoms with Gasteiger partial charge < -0.3 is 10.5 Å². The maximum atomic E-state index is 12.3. The van der Waals surface area contributed by atoms with Gasteiger partial charge >= 0.3 is 0 Å². The molecule has 0 spiro atoms. The Bertz CT molecular complexity index is 592. The van der Waals surface area contributed by atoms with Gasteiger partial charge in [0, 0.05) is 6.54 Å². The number of carbonyl (C=O) groups excluding carboxylic acids is 1. The van der Waals surface area contributed by atoms with Gasteiger partial charge in [-0.1, -0.05) is 17.3 Å². The Morgan fingerprint density at radius 2 is 2.15 bits per heavy atom. The van der Waals surface area contributed by atoms with E-state index in [1.54, 1.807) is 18.3 Å². The van der Waals surface area contributed by atoms with Crippen molar-refractivity contribution in [1.29, 1.82) is 0 Å². The van der Waals surface area contributed by atoms with Crippen LogP contribution < -0.4 is 10.5 Å². The standard InChI is InChI=1S/C14H18N4O2/c1-10(2)20-14-6-4-3-5-12(14)13(19)9-18-8-11(7-15)16-17-18/h3-6,8,10H,7,9,15H2,1-2H3. The second-order valence-electron chi connectivity index (χ2n) is 4.70. The highest BCUT2D eigenvalue weighted by atomic mass is 16.5. The summed E-state index contributed by atoms with van der Waals surface area (Å²) in [6, 6.07) is 7.20. The van der Waals surface area contributed by atoms with Crippen LogP contribution in [0.3, 0.4) is 0 Å². The molecule has 0 aliphatic heterocycles. The molecule has 20 heavy (non-hydrogen) atoms. The minimum Gasteiger partial charge on any atom is -0.490 e. The number of para-hydroxylation sites is 1. The van der Waals surface area contributed by atoms with E-state index >= 15 is 0 Å². The van der Waals surface area contributed by atoms with Crippen LogP contribution in [0.25, 0.3) is 0 Å². The lowest BCUT2D eigenvalue weighted by molar-refractivity contribution is 0.0961. The Balaban J connectivity index is 2.16. The fraction of sp³-hybridized carbons (Fsp3) is 0.357. The Morgan fingerprint density at radius 3 is 2.80 bits per heavy atom. The molecule has 0 bridgehead atoms. The van der Waals surface area contributed by atoms with Gasteiger partial charge in [-0.3, -0.25) is 4.79 Å². The fourth-order valence-electron chi connectivity index (χ4n) is 1.80. The van der Waals surface area contributed by atoms with Gasteiger partial charge in [-0.25, -0.2) is 4.68 Å². The van der Waals surface area contributed by atoms with Crippen LogP contribution in [0.4, 0.5) is 0 Å². The van der Waals surface area contributed by atoms with Crippen LogP contribution >= 0.6 is 0 Å². The van der Waals surface area contributed by atoms with Crippen LogP contribution in [-0.4, -0.2) is 26.9 Å². The Kier molecular flexibility index (Phi) is 4.47. The zero-order valence-corrected chi connectivity index (χ0v) is 11.6. The van der Waals surface area contributed by atoms with Crippen molar-refractivity contribution in [2.45, 2.75) is 33.0 Å². The fourth-order valence-corrected chi connectivity index (χ4v) is 1.80. The summed E-state index contributed by atoms with van der Waals surface area (Å²) in [6.07, 6.45) is 1.68. The lowest BCUT2D eigenvalue weighted by atomic mass is 10.1. The number of benzene rings is 1. The summed E-state index contributed by atoms with van der Waals surface area (Å²) in [4.78, 5) is 12.3. The molecule has 1 heterocycles. The largest absolute Gasteiger partial charge is 0.490 e. The summed E-state index contributed by atoms with van der Waals surface area (Å²) in [6.45, 7) is 4.27. The van der Waals surface area contributed by atoms with Crippen LogP contribution in [0.1, 0.15) is 29.9 Å². The molecule has 0 unspecified atom stereocenters. The lowest BCUT2D eigenvalue weighted by Crippen LogP contribution is -2.14. The van der Waals surface area contributed by atoms with E-state index in [0.717, 1.165) is 0 Å². The average molecular weight is 274 g/mol. The van der Waals surface area contributed by atoms with E-state index in [4.69, 9.17) is 10.5 Å². The number of carbonyl (C=O) groups is 1. The van der Waals surface area contributed by atoms with Crippen LogP contribution in [-0.2, 0) is 13.1 Å². The third-order valence-corrected chi connectivity index (χ3v) is 2.65. The molecule has 0 amide bonds. The Labute approximate surface area is 117 Å². The zero-order valence-electron chi connectivity index (χ0n) is 11.6. The summed E-state index contributed by atoms with van der Waals surface area (Å²) in [5.41, 5.74) is 6.67. The molecular formula is C14H18N4O2. The molecule has 1 aromatic carbocycles. The van der Waals surface area contributed by atoms with E-state index in [-0.39, 0.29) is 18.4 Å². The number of hydrogen-bond acceptors (Lipinski definition) is 5. The highest BCUT2D eigenvalue weighted by molar-refractivity contribution is 5.98. The number of nitrogens with two attached hydrogens (primary N) is 1. The number of ketones is 1. The van der Waals surface area contributed by atoms with Gasteiger partial charge in [0.15, 0.2) is 5.78 Å². The Morgan fingerprint density at radius 1 is 1.40 bits per heavy atom. The highest BCUT2D eigenvalue weighted by Crippen LogP contribution is 2.20. The first-order chi connectivity index (χ1) is 9.60. The first kappa shape index (κ1) is 14.2. The van der Waals surface area contributed by atoms with Gasteiger partial charge in [0.2, 0.25) is 0 Å². The summed E-state index contributed by atoms with van der Waals surface area (Å²) in [5.74, 6) is 0.515. The van der Waals surface area contributed by atoms with E-state index in [9.17, 15) is 4.79 Å². The van der Waals surface area contributed by atoms with Crippen molar-refractivity contribution in [2.24, 2.45) is 5.73 Å². The van der Waals surface area contributed by atoms with Gasteiger partial charge in [0.05, 0.1) is 23.6 Å². The number of rotatable bonds is 6. The molecule has 106 valence electrons. The third-order valence-electron chi connectivity index (χ3n) is 2.65. The quantitative estimate of drug-likeness (QED) is 0.805. The minimum atomic E-state index is -0.0743. The van der Waals surface area contributed by atoms with Crippen LogP contribution in [0.15, 0.2) is 30.5 Å². The van der Waals surface area contributed by atoms with Gasteiger partial charge in [0.1, 0.15) is 12.3 Å². The number of hydrogen-bond donors (Lipinski definition) is 1. The van der Waals surface area contributed by atoms with Crippen molar-refractivity contribution < 1.29 is 9.53 Å². The normalized spacial score (nSPS) is 10.8. The van der Waals surface area contributed by atoms with E-state index in [0.29, 0.717) is 23.6 Å². The van der Waals surface area contributed by atoms with Crippen LogP contribution in [0, 0.1) is 0 Å². The smallest absolute Gasteiger partial charge is 0.188 e. The van der Waals surface area contributed by atoms with E-state index in [1.165, 1.54) is 4.68 Å². The number of nitrogens with zero attached hydrogens (tertiary/aromatic N) is 3. The summed E-state index contributed by atoms with van der Waals surface area (Å²) >= 11 is 0. The lowest BCUT2D eigenvalue weighted by Gasteiger charge is -2.13. The van der Waals surface area contributed by atoms with Gasteiger partial charge in [-0.05, 0) is 26.0 Å². The number of Topliss-reactive ketones (excluding diaryl/α,β-unsaturated/α-hetero) is 1.